The molecule has 0 aliphatic rings. The minimum Gasteiger partial charge on any atom is -0.260 e. The van der Waals surface area contributed by atoms with Crippen molar-refractivity contribution in [2.75, 3.05) is 0 Å². The number of hydrogen-bond donors (Lipinski definition) is 0. The highest BCUT2D eigenvalue weighted by atomic mass is 31.1. The first kappa shape index (κ1) is 11.6. The fourth-order valence-corrected chi connectivity index (χ4v) is 1.92. The number of rotatable bonds is 2. The molecule has 17 heavy (non-hydrogen) atoms. The Labute approximate surface area is 103 Å². The third-order valence-electron chi connectivity index (χ3n) is 2.52. The van der Waals surface area contributed by atoms with Gasteiger partial charge in [-0.25, -0.2) is 0 Å². The Balaban J connectivity index is 2.43. The zero-order chi connectivity index (χ0) is 11.9. The van der Waals surface area contributed by atoms with E-state index in [1.54, 1.807) is 0 Å². The second kappa shape index (κ2) is 5.99. The summed E-state index contributed by atoms with van der Waals surface area (Å²) in [5, 5.41) is 0. The second-order valence-corrected chi connectivity index (χ2v) is 4.01. The van der Waals surface area contributed by atoms with Gasteiger partial charge in [-0.05, 0) is 11.1 Å². The molecule has 82 valence electrons. The van der Waals surface area contributed by atoms with E-state index in [4.69, 9.17) is 0 Å². The predicted molar refractivity (Wildman–Crippen MR) is 70.1 cm³/mol. The van der Waals surface area contributed by atoms with Gasteiger partial charge in [0.1, 0.15) is 0 Å². The molecule has 0 heterocycles. The van der Waals surface area contributed by atoms with Gasteiger partial charge in [0.15, 0.2) is 0 Å². The van der Waals surface area contributed by atoms with E-state index in [1.165, 1.54) is 0 Å². The van der Waals surface area contributed by atoms with Crippen LogP contribution in [0.4, 0.5) is 0 Å². The van der Waals surface area contributed by atoms with Crippen LogP contribution in [-0.4, -0.2) is 0 Å². The summed E-state index contributed by atoms with van der Waals surface area (Å²) in [4.78, 5) is 0. The average Bonchev–Trinajstić information content (AvgIpc) is 2.42. The van der Waals surface area contributed by atoms with Crippen molar-refractivity contribution < 1.29 is 4.57 Å². The highest BCUT2D eigenvalue weighted by molar-refractivity contribution is 7.30. The Kier molecular flexibility index (Phi) is 4.08. The normalized spacial score (nSPS) is 9.94. The van der Waals surface area contributed by atoms with Crippen molar-refractivity contribution in [1.29, 1.82) is 0 Å². The van der Waals surface area contributed by atoms with Crippen LogP contribution in [0.1, 0.15) is 17.0 Å². The average molecular weight is 238 g/mol. The molecule has 2 aromatic carbocycles. The lowest BCUT2D eigenvalue weighted by molar-refractivity contribution is 0.603. The summed E-state index contributed by atoms with van der Waals surface area (Å²) in [6.45, 7) is 0. The zero-order valence-electron chi connectivity index (χ0n) is 9.21. The van der Waals surface area contributed by atoms with Crippen molar-refractivity contribution in [3.63, 3.8) is 0 Å². The molecule has 2 aromatic rings. The van der Waals surface area contributed by atoms with Gasteiger partial charge < -0.3 is 0 Å². The molecule has 0 fully saturated rings. The summed E-state index contributed by atoms with van der Waals surface area (Å²) < 4.78 is 10.5. The highest BCUT2D eigenvalue weighted by Crippen LogP contribution is 2.23. The van der Waals surface area contributed by atoms with Crippen LogP contribution in [0.3, 0.4) is 0 Å². The van der Waals surface area contributed by atoms with Crippen LogP contribution >= 0.6 is 8.46 Å². The minimum atomic E-state index is -0.131. The van der Waals surface area contributed by atoms with Crippen molar-refractivity contribution in [2.45, 2.75) is 5.92 Å². The zero-order valence-corrected chi connectivity index (χ0v) is 10.1. The number of hydrogen-bond acceptors (Lipinski definition) is 1. The van der Waals surface area contributed by atoms with E-state index in [2.05, 4.69) is 11.6 Å². The van der Waals surface area contributed by atoms with Gasteiger partial charge in [0.2, 0.25) is 8.46 Å². The molecule has 0 aromatic heterocycles. The molecule has 0 saturated heterocycles. The molecule has 0 atom stereocenters. The van der Waals surface area contributed by atoms with E-state index in [1.807, 2.05) is 60.7 Å². The van der Waals surface area contributed by atoms with E-state index in [-0.39, 0.29) is 14.4 Å². The molecule has 0 unspecified atom stereocenters. The maximum atomic E-state index is 10.5. The first-order valence-corrected chi connectivity index (χ1v) is 6.16. The molecule has 0 saturated carbocycles. The minimum absolute atomic E-state index is 0.0150. The van der Waals surface area contributed by atoms with Gasteiger partial charge in [0, 0.05) is 5.66 Å². The van der Waals surface area contributed by atoms with Crippen LogP contribution in [-0.2, 0) is 4.57 Å². The molecular weight excluding hydrogens is 227 g/mol. The van der Waals surface area contributed by atoms with Crippen molar-refractivity contribution in [1.82, 2.24) is 0 Å². The van der Waals surface area contributed by atoms with Gasteiger partial charge in [-0.1, -0.05) is 66.6 Å². The Morgan fingerprint density at radius 1 is 0.824 bits per heavy atom. The third-order valence-corrected chi connectivity index (χ3v) is 2.74. The van der Waals surface area contributed by atoms with Gasteiger partial charge in [-0.3, -0.25) is 4.57 Å². The van der Waals surface area contributed by atoms with Crippen LogP contribution < -0.4 is 0 Å². The van der Waals surface area contributed by atoms with E-state index >= 15 is 0 Å². The van der Waals surface area contributed by atoms with E-state index in [0.717, 1.165) is 11.1 Å². The molecule has 0 N–H and O–H groups in total. The molecule has 0 aliphatic heterocycles. The van der Waals surface area contributed by atoms with Crippen LogP contribution in [0, 0.1) is 11.6 Å². The largest absolute Gasteiger partial charge is 0.260 e. The molecule has 2 heteroatoms. The first-order chi connectivity index (χ1) is 8.42. The van der Waals surface area contributed by atoms with E-state index < -0.39 is 0 Å². The summed E-state index contributed by atoms with van der Waals surface area (Å²) in [6.07, 6.45) is 0. The highest BCUT2D eigenvalue weighted by Gasteiger charge is 2.09. The Hall–Kier alpha value is -1.90. The summed E-state index contributed by atoms with van der Waals surface area (Å²) in [5.41, 5.74) is 4.85. The monoisotopic (exact) mass is 238 g/mol. The van der Waals surface area contributed by atoms with Gasteiger partial charge >= 0.3 is 0 Å². The fourth-order valence-electron chi connectivity index (χ4n) is 1.74. The SMILES string of the molecule is O=PC#CC(c1ccccc1)c1ccccc1. The predicted octanol–water partition coefficient (Wildman–Crippen LogP) is 4.07. The second-order valence-electron chi connectivity index (χ2n) is 3.60. The molecule has 0 aliphatic carbocycles. The van der Waals surface area contributed by atoms with Crippen molar-refractivity contribution in [2.24, 2.45) is 0 Å². The van der Waals surface area contributed by atoms with Crippen LogP contribution in [0.2, 0.25) is 0 Å². The van der Waals surface area contributed by atoms with Gasteiger partial charge in [-0.2, -0.15) is 0 Å². The fraction of sp³-hybridized carbons (Fsp3) is 0.0667. The maximum absolute atomic E-state index is 10.5. The lowest BCUT2D eigenvalue weighted by Crippen LogP contribution is -1.97. The van der Waals surface area contributed by atoms with Gasteiger partial charge in [0.05, 0.1) is 5.92 Å². The summed E-state index contributed by atoms with van der Waals surface area (Å²) in [7, 11) is -0.131. The van der Waals surface area contributed by atoms with Crippen molar-refractivity contribution in [3.8, 4) is 11.6 Å². The van der Waals surface area contributed by atoms with E-state index in [9.17, 15) is 4.57 Å². The van der Waals surface area contributed by atoms with Crippen LogP contribution in [0.5, 0.6) is 0 Å². The van der Waals surface area contributed by atoms with Gasteiger partial charge in [-0.15, -0.1) is 0 Å². The van der Waals surface area contributed by atoms with Crippen LogP contribution in [0.25, 0.3) is 0 Å². The molecule has 0 bridgehead atoms. The van der Waals surface area contributed by atoms with E-state index in [0.29, 0.717) is 0 Å². The standard InChI is InChI=1S/C15H11OP/c16-17-12-11-15(13-7-3-1-4-8-13)14-9-5-2-6-10-14/h1-10,15H. The first-order valence-electron chi connectivity index (χ1n) is 5.34. The van der Waals surface area contributed by atoms with Crippen molar-refractivity contribution >= 4 is 8.46 Å². The van der Waals surface area contributed by atoms with Crippen LogP contribution in [0.15, 0.2) is 60.7 Å². The maximum Gasteiger partial charge on any atom is 0.246 e. The van der Waals surface area contributed by atoms with Crippen molar-refractivity contribution in [3.05, 3.63) is 71.8 Å². The van der Waals surface area contributed by atoms with Gasteiger partial charge in [0.25, 0.3) is 0 Å². The lowest BCUT2D eigenvalue weighted by Gasteiger charge is -2.10. The molecule has 0 radical (unpaired) electrons. The Bertz CT molecular complexity index is 498. The third kappa shape index (κ3) is 3.03. The summed E-state index contributed by atoms with van der Waals surface area (Å²) in [6, 6.07) is 20.0. The molecule has 0 spiro atoms. The summed E-state index contributed by atoms with van der Waals surface area (Å²) in [5.74, 6) is 3.01. The number of benzene rings is 2. The lowest BCUT2D eigenvalue weighted by atomic mass is 9.92. The molecule has 2 rings (SSSR count). The topological polar surface area (TPSA) is 17.1 Å². The summed E-state index contributed by atoms with van der Waals surface area (Å²) >= 11 is 0. The molecule has 1 nitrogen and oxygen atoms in total. The quantitative estimate of drug-likeness (QED) is 0.569. The smallest absolute Gasteiger partial charge is 0.246 e. The Morgan fingerprint density at radius 3 is 1.71 bits per heavy atom. The molecule has 0 amide bonds. The molecular formula is C15H11OP. The Morgan fingerprint density at radius 2 is 1.29 bits per heavy atom.